The van der Waals surface area contributed by atoms with Crippen LogP contribution in [0.1, 0.15) is 17.5 Å². The van der Waals surface area contributed by atoms with Gasteiger partial charge in [0, 0.05) is 13.1 Å². The zero-order valence-corrected chi connectivity index (χ0v) is 13.4. The molecule has 1 N–H and O–H groups in total. The molecule has 0 bridgehead atoms. The normalized spacial score (nSPS) is 17.6. The maximum atomic E-state index is 12.6. The van der Waals surface area contributed by atoms with Crippen molar-refractivity contribution in [2.24, 2.45) is 0 Å². The number of nitrogens with zero attached hydrogens (tertiary/aromatic N) is 5. The standard InChI is InChI=1S/C17H18N6O/c1-12-2-4-13(5-3-12)10-22-9-8-14(17(22)24)19-15-6-7-16-20-18-11-23(16)21-15/h2-7,11,14H,8-10H2,1H3,(H,19,21). The Bertz CT molecular complexity index is 872. The van der Waals surface area contributed by atoms with Gasteiger partial charge in [0.2, 0.25) is 5.91 Å². The van der Waals surface area contributed by atoms with E-state index in [1.807, 2.05) is 17.0 Å². The Balaban J connectivity index is 1.43. The molecule has 3 heterocycles. The number of anilines is 1. The van der Waals surface area contributed by atoms with Gasteiger partial charge in [-0.05, 0) is 31.0 Å². The first-order valence-electron chi connectivity index (χ1n) is 7.97. The second-order valence-electron chi connectivity index (χ2n) is 6.08. The van der Waals surface area contributed by atoms with Gasteiger partial charge in [-0.2, -0.15) is 4.52 Å². The highest BCUT2D eigenvalue weighted by Gasteiger charge is 2.31. The number of carbonyl (C=O) groups excluding carboxylic acids is 1. The van der Waals surface area contributed by atoms with Crippen LogP contribution in [0.4, 0.5) is 5.82 Å². The molecule has 1 aliphatic heterocycles. The minimum Gasteiger partial charge on any atom is -0.357 e. The van der Waals surface area contributed by atoms with E-state index in [9.17, 15) is 4.79 Å². The van der Waals surface area contributed by atoms with E-state index in [-0.39, 0.29) is 11.9 Å². The summed E-state index contributed by atoms with van der Waals surface area (Å²) >= 11 is 0. The lowest BCUT2D eigenvalue weighted by molar-refractivity contribution is -0.128. The van der Waals surface area contributed by atoms with Gasteiger partial charge in [-0.1, -0.05) is 29.8 Å². The highest BCUT2D eigenvalue weighted by molar-refractivity contribution is 5.86. The van der Waals surface area contributed by atoms with E-state index in [1.54, 1.807) is 10.8 Å². The summed E-state index contributed by atoms with van der Waals surface area (Å²) in [5, 5.41) is 15.3. The van der Waals surface area contributed by atoms with Gasteiger partial charge in [0.1, 0.15) is 18.2 Å². The van der Waals surface area contributed by atoms with E-state index in [2.05, 4.69) is 51.8 Å². The van der Waals surface area contributed by atoms with Gasteiger partial charge in [-0.3, -0.25) is 4.79 Å². The summed E-state index contributed by atoms with van der Waals surface area (Å²) in [4.78, 5) is 14.5. The third-order valence-electron chi connectivity index (χ3n) is 4.28. The number of aryl methyl sites for hydroxylation is 1. The first kappa shape index (κ1) is 14.6. The number of benzene rings is 1. The van der Waals surface area contributed by atoms with Crippen molar-refractivity contribution < 1.29 is 4.79 Å². The van der Waals surface area contributed by atoms with Crippen LogP contribution in [-0.2, 0) is 11.3 Å². The second-order valence-corrected chi connectivity index (χ2v) is 6.08. The number of nitrogens with one attached hydrogen (secondary N) is 1. The predicted octanol–water partition coefficient (Wildman–Crippen LogP) is 1.65. The van der Waals surface area contributed by atoms with Crippen LogP contribution >= 0.6 is 0 Å². The fraction of sp³-hybridized carbons (Fsp3) is 0.294. The molecule has 0 radical (unpaired) electrons. The molecule has 0 spiro atoms. The van der Waals surface area contributed by atoms with Gasteiger partial charge < -0.3 is 10.2 Å². The minimum absolute atomic E-state index is 0.112. The Morgan fingerprint density at radius 1 is 1.21 bits per heavy atom. The van der Waals surface area contributed by atoms with Gasteiger partial charge in [-0.15, -0.1) is 15.3 Å². The summed E-state index contributed by atoms with van der Waals surface area (Å²) in [6, 6.07) is 11.7. The minimum atomic E-state index is -0.239. The molecule has 0 aliphatic carbocycles. The molecular formula is C17H18N6O. The van der Waals surface area contributed by atoms with E-state index in [1.165, 1.54) is 5.56 Å². The molecule has 1 amide bonds. The predicted molar refractivity (Wildman–Crippen MR) is 89.4 cm³/mol. The third-order valence-corrected chi connectivity index (χ3v) is 4.28. The first-order valence-corrected chi connectivity index (χ1v) is 7.97. The van der Waals surface area contributed by atoms with Gasteiger partial charge in [0.25, 0.3) is 0 Å². The van der Waals surface area contributed by atoms with Crippen molar-refractivity contribution >= 4 is 17.4 Å². The van der Waals surface area contributed by atoms with E-state index < -0.39 is 0 Å². The first-order chi connectivity index (χ1) is 11.7. The molecule has 24 heavy (non-hydrogen) atoms. The van der Waals surface area contributed by atoms with Crippen molar-refractivity contribution in [3.63, 3.8) is 0 Å². The summed E-state index contributed by atoms with van der Waals surface area (Å²) in [5.41, 5.74) is 3.06. The lowest BCUT2D eigenvalue weighted by atomic mass is 10.1. The molecule has 0 saturated carbocycles. The van der Waals surface area contributed by atoms with Crippen molar-refractivity contribution in [1.29, 1.82) is 0 Å². The summed E-state index contributed by atoms with van der Waals surface area (Å²) in [6.07, 6.45) is 2.31. The van der Waals surface area contributed by atoms with Crippen molar-refractivity contribution in [3.8, 4) is 0 Å². The fourth-order valence-electron chi connectivity index (χ4n) is 2.93. The van der Waals surface area contributed by atoms with Crippen LogP contribution in [-0.4, -0.2) is 43.2 Å². The molecule has 2 aromatic heterocycles. The summed E-state index contributed by atoms with van der Waals surface area (Å²) in [7, 11) is 0. The van der Waals surface area contributed by atoms with E-state index in [0.29, 0.717) is 18.0 Å². The Hall–Kier alpha value is -2.96. The van der Waals surface area contributed by atoms with Crippen LogP contribution in [0.25, 0.3) is 5.65 Å². The SMILES string of the molecule is Cc1ccc(CN2CCC(Nc3ccc4nncn4n3)C2=O)cc1. The van der Waals surface area contributed by atoms with Crippen LogP contribution in [0.3, 0.4) is 0 Å². The lowest BCUT2D eigenvalue weighted by Gasteiger charge is -2.17. The largest absolute Gasteiger partial charge is 0.357 e. The van der Waals surface area contributed by atoms with Crippen molar-refractivity contribution in [3.05, 3.63) is 53.9 Å². The topological polar surface area (TPSA) is 75.4 Å². The highest BCUT2D eigenvalue weighted by Crippen LogP contribution is 2.18. The number of hydrogen-bond donors (Lipinski definition) is 1. The van der Waals surface area contributed by atoms with Crippen LogP contribution in [0.15, 0.2) is 42.7 Å². The molecule has 7 heteroatoms. The number of amides is 1. The van der Waals surface area contributed by atoms with Gasteiger partial charge in [0.05, 0.1) is 0 Å². The Morgan fingerprint density at radius 2 is 2.04 bits per heavy atom. The molecule has 4 rings (SSSR count). The van der Waals surface area contributed by atoms with E-state index >= 15 is 0 Å². The van der Waals surface area contributed by atoms with Gasteiger partial charge >= 0.3 is 0 Å². The molecule has 1 unspecified atom stereocenters. The molecule has 1 saturated heterocycles. The number of fused-ring (bicyclic) bond motifs is 1. The van der Waals surface area contributed by atoms with Gasteiger partial charge in [-0.25, -0.2) is 0 Å². The van der Waals surface area contributed by atoms with E-state index in [4.69, 9.17) is 0 Å². The number of hydrogen-bond acceptors (Lipinski definition) is 5. The average molecular weight is 322 g/mol. The average Bonchev–Trinajstić information content (AvgIpc) is 3.18. The Morgan fingerprint density at radius 3 is 2.88 bits per heavy atom. The molecule has 7 nitrogen and oxygen atoms in total. The summed E-state index contributed by atoms with van der Waals surface area (Å²) < 4.78 is 1.59. The van der Waals surface area contributed by atoms with Crippen LogP contribution in [0, 0.1) is 6.92 Å². The van der Waals surface area contributed by atoms with E-state index in [0.717, 1.165) is 18.5 Å². The zero-order valence-electron chi connectivity index (χ0n) is 13.4. The molecule has 122 valence electrons. The number of carbonyl (C=O) groups is 1. The molecule has 1 aromatic carbocycles. The fourth-order valence-corrected chi connectivity index (χ4v) is 2.93. The molecule has 3 aromatic rings. The highest BCUT2D eigenvalue weighted by atomic mass is 16.2. The number of likely N-dealkylation sites (tertiary alicyclic amines) is 1. The van der Waals surface area contributed by atoms with Crippen molar-refractivity contribution in [2.75, 3.05) is 11.9 Å². The summed E-state index contributed by atoms with van der Waals surface area (Å²) in [6.45, 7) is 3.46. The maximum absolute atomic E-state index is 12.6. The Kier molecular flexibility index (Phi) is 3.60. The number of rotatable bonds is 4. The van der Waals surface area contributed by atoms with Crippen LogP contribution in [0.2, 0.25) is 0 Å². The molecule has 1 atom stereocenters. The maximum Gasteiger partial charge on any atom is 0.245 e. The smallest absolute Gasteiger partial charge is 0.245 e. The summed E-state index contributed by atoms with van der Waals surface area (Å²) in [5.74, 6) is 0.763. The van der Waals surface area contributed by atoms with Crippen LogP contribution < -0.4 is 5.32 Å². The lowest BCUT2D eigenvalue weighted by Crippen LogP contribution is -2.33. The monoisotopic (exact) mass is 322 g/mol. The molecule has 1 fully saturated rings. The second kappa shape index (κ2) is 5.92. The Labute approximate surface area is 139 Å². The van der Waals surface area contributed by atoms with Crippen molar-refractivity contribution in [1.82, 2.24) is 24.7 Å². The number of aromatic nitrogens is 4. The quantitative estimate of drug-likeness (QED) is 0.790. The van der Waals surface area contributed by atoms with Crippen molar-refractivity contribution in [2.45, 2.75) is 25.9 Å². The molecular weight excluding hydrogens is 304 g/mol. The van der Waals surface area contributed by atoms with Crippen LogP contribution in [0.5, 0.6) is 0 Å². The third kappa shape index (κ3) is 2.80. The molecule has 1 aliphatic rings. The van der Waals surface area contributed by atoms with Gasteiger partial charge in [0.15, 0.2) is 5.65 Å². The zero-order chi connectivity index (χ0) is 16.5.